The van der Waals surface area contributed by atoms with Gasteiger partial charge in [0.15, 0.2) is 16.6 Å². The molecule has 1 aromatic carbocycles. The Kier molecular flexibility index (Phi) is 8.67. The second-order valence-corrected chi connectivity index (χ2v) is 14.1. The highest BCUT2D eigenvalue weighted by molar-refractivity contribution is 7.89. The van der Waals surface area contributed by atoms with Crippen LogP contribution in [0.5, 0.6) is 5.75 Å². The monoisotopic (exact) mass is 581 g/mol. The number of nitrogens with zero attached hydrogens (tertiary/aromatic N) is 1. The first kappa shape index (κ1) is 29.4. The number of carbonyl (C=O) groups is 2. The number of nitrogens with one attached hydrogen (secondary N) is 2. The fourth-order valence-electron chi connectivity index (χ4n) is 5.22. The van der Waals surface area contributed by atoms with Crippen LogP contribution in [-0.2, 0) is 21.2 Å². The molecule has 0 atom stereocenters. The summed E-state index contributed by atoms with van der Waals surface area (Å²) in [6.07, 6.45) is 6.75. The Morgan fingerprint density at radius 3 is 2.44 bits per heavy atom. The van der Waals surface area contributed by atoms with E-state index in [9.17, 15) is 18.0 Å². The van der Waals surface area contributed by atoms with Crippen molar-refractivity contribution >= 4 is 33.2 Å². The number of thiazole rings is 1. The molecule has 0 aliphatic heterocycles. The van der Waals surface area contributed by atoms with E-state index < -0.39 is 44.9 Å². The molecule has 1 amide bonds. The third-order valence-corrected chi connectivity index (χ3v) is 10.1. The number of rotatable bonds is 9. The second kappa shape index (κ2) is 11.5. The van der Waals surface area contributed by atoms with E-state index in [2.05, 4.69) is 15.0 Å². The summed E-state index contributed by atoms with van der Waals surface area (Å²) in [6, 6.07) is 2.47. The summed E-state index contributed by atoms with van der Waals surface area (Å²) in [5.74, 6) is -2.64. The molecule has 0 unspecified atom stereocenters. The highest BCUT2D eigenvalue weighted by Gasteiger charge is 2.36. The second-order valence-electron chi connectivity index (χ2n) is 11.5. The van der Waals surface area contributed by atoms with Crippen LogP contribution < -0.4 is 14.8 Å². The summed E-state index contributed by atoms with van der Waals surface area (Å²) in [5, 5.41) is 12.1. The smallest absolute Gasteiger partial charge is 0.306 e. The van der Waals surface area contributed by atoms with Gasteiger partial charge in [0.25, 0.3) is 5.91 Å². The van der Waals surface area contributed by atoms with Gasteiger partial charge in [-0.1, -0.05) is 32.1 Å². The number of aliphatic carboxylic acids is 1. The van der Waals surface area contributed by atoms with Crippen molar-refractivity contribution in [3.63, 3.8) is 0 Å². The number of carboxylic acids is 1. The van der Waals surface area contributed by atoms with Crippen LogP contribution in [0, 0.1) is 17.7 Å². The molecule has 2 saturated carbocycles. The largest absolute Gasteiger partial charge is 0.492 e. The summed E-state index contributed by atoms with van der Waals surface area (Å²) < 4.78 is 49.7. The number of benzene rings is 1. The van der Waals surface area contributed by atoms with Gasteiger partial charge in [-0.25, -0.2) is 22.5 Å². The van der Waals surface area contributed by atoms with E-state index in [1.165, 1.54) is 25.7 Å². The maximum absolute atomic E-state index is 15.9. The summed E-state index contributed by atoms with van der Waals surface area (Å²) in [7, 11) is -2.86. The number of amides is 1. The Morgan fingerprint density at radius 1 is 1.18 bits per heavy atom. The number of hydrogen-bond donors (Lipinski definition) is 3. The van der Waals surface area contributed by atoms with Crippen LogP contribution in [0.4, 0.5) is 4.39 Å². The van der Waals surface area contributed by atoms with Crippen LogP contribution in [0.3, 0.4) is 0 Å². The topological polar surface area (TPSA) is 135 Å². The molecule has 2 aliphatic rings. The fourth-order valence-corrected chi connectivity index (χ4v) is 7.82. The van der Waals surface area contributed by atoms with Crippen LogP contribution >= 0.6 is 11.3 Å². The van der Waals surface area contributed by atoms with Gasteiger partial charge < -0.3 is 15.2 Å². The number of aromatic nitrogens is 1. The number of methoxy groups -OCH3 is 1. The highest BCUT2D eigenvalue weighted by Crippen LogP contribution is 2.41. The molecule has 0 spiro atoms. The molecule has 0 saturated heterocycles. The Morgan fingerprint density at radius 2 is 1.85 bits per heavy atom. The minimum atomic E-state index is -4.08. The van der Waals surface area contributed by atoms with Crippen molar-refractivity contribution in [2.45, 2.75) is 88.6 Å². The first-order valence-corrected chi connectivity index (χ1v) is 15.5. The van der Waals surface area contributed by atoms with Gasteiger partial charge in [0, 0.05) is 17.1 Å². The molecule has 214 valence electrons. The normalized spacial score (nSPS) is 20.3. The van der Waals surface area contributed by atoms with Crippen LogP contribution in [0.15, 0.2) is 17.0 Å². The average Bonchev–Trinajstić information content (AvgIpc) is 3.23. The predicted molar refractivity (Wildman–Crippen MR) is 146 cm³/mol. The number of ether oxygens (including phenoxy) is 1. The fraction of sp³-hybridized carbons (Fsp3) is 0.593. The van der Waals surface area contributed by atoms with Gasteiger partial charge in [-0.15, -0.1) is 11.3 Å². The Labute approximate surface area is 232 Å². The summed E-state index contributed by atoms with van der Waals surface area (Å²) in [6.45, 7) is 5.07. The van der Waals surface area contributed by atoms with E-state index in [-0.39, 0.29) is 21.5 Å². The van der Waals surface area contributed by atoms with E-state index in [0.717, 1.165) is 37.0 Å². The minimum absolute atomic E-state index is 0.124. The number of carboxylic acid groups (broad SMARTS) is 1. The molecular weight excluding hydrogens is 545 g/mol. The number of hydrogen-bond acceptors (Lipinski definition) is 7. The van der Waals surface area contributed by atoms with Gasteiger partial charge in [0.1, 0.15) is 4.90 Å². The molecule has 4 rings (SSSR count). The first-order valence-electron chi connectivity index (χ1n) is 13.2. The Balaban J connectivity index is 1.69. The quantitative estimate of drug-likeness (QED) is 0.389. The van der Waals surface area contributed by atoms with Crippen molar-refractivity contribution in [1.82, 2.24) is 15.0 Å². The third-order valence-electron chi connectivity index (χ3n) is 7.16. The molecule has 12 heteroatoms. The molecule has 2 aromatic rings. The molecule has 2 fully saturated rings. The van der Waals surface area contributed by atoms with Crippen molar-refractivity contribution in [3.05, 3.63) is 28.7 Å². The highest BCUT2D eigenvalue weighted by atomic mass is 32.2. The zero-order chi connectivity index (χ0) is 28.5. The molecule has 9 nitrogen and oxygen atoms in total. The van der Waals surface area contributed by atoms with Crippen molar-refractivity contribution in [1.29, 1.82) is 0 Å². The van der Waals surface area contributed by atoms with E-state index in [1.807, 2.05) is 0 Å². The summed E-state index contributed by atoms with van der Waals surface area (Å²) in [5.41, 5.74) is -0.0613. The van der Waals surface area contributed by atoms with Gasteiger partial charge in [-0.05, 0) is 58.1 Å². The lowest BCUT2D eigenvalue weighted by Crippen LogP contribution is -2.46. The van der Waals surface area contributed by atoms with Gasteiger partial charge >= 0.3 is 5.97 Å². The van der Waals surface area contributed by atoms with Crippen LogP contribution in [0.2, 0.25) is 0 Å². The molecule has 0 radical (unpaired) electrons. The molecule has 2 aliphatic carbocycles. The Hall–Kier alpha value is -2.57. The van der Waals surface area contributed by atoms with Crippen LogP contribution in [0.25, 0.3) is 10.4 Å². The van der Waals surface area contributed by atoms with Gasteiger partial charge in [0.2, 0.25) is 10.0 Å². The zero-order valence-corrected chi connectivity index (χ0v) is 24.3. The van der Waals surface area contributed by atoms with Crippen molar-refractivity contribution < 1.29 is 32.2 Å². The molecule has 1 aromatic heterocycles. The summed E-state index contributed by atoms with van der Waals surface area (Å²) in [4.78, 5) is 28.9. The van der Waals surface area contributed by atoms with Crippen LogP contribution in [0.1, 0.15) is 81.2 Å². The lowest BCUT2D eigenvalue weighted by Gasteiger charge is -2.32. The molecule has 0 bridgehead atoms. The van der Waals surface area contributed by atoms with Gasteiger partial charge in [0.05, 0.1) is 23.6 Å². The van der Waals surface area contributed by atoms with E-state index in [0.29, 0.717) is 35.8 Å². The lowest BCUT2D eigenvalue weighted by molar-refractivity contribution is -0.145. The zero-order valence-electron chi connectivity index (χ0n) is 22.7. The van der Waals surface area contributed by atoms with Crippen LogP contribution in [-0.4, -0.2) is 49.1 Å². The van der Waals surface area contributed by atoms with Crippen molar-refractivity contribution in [2.75, 3.05) is 7.11 Å². The van der Waals surface area contributed by atoms with E-state index in [1.54, 1.807) is 20.8 Å². The molecular formula is C27H36FN3O6S2. The third kappa shape index (κ3) is 6.78. The van der Waals surface area contributed by atoms with Crippen molar-refractivity contribution in [3.8, 4) is 16.2 Å². The number of halogens is 1. The van der Waals surface area contributed by atoms with E-state index in [4.69, 9.17) is 9.84 Å². The first-order chi connectivity index (χ1) is 18.3. The van der Waals surface area contributed by atoms with Gasteiger partial charge in [-0.3, -0.25) is 9.59 Å². The number of sulfonamides is 1. The molecule has 39 heavy (non-hydrogen) atoms. The minimum Gasteiger partial charge on any atom is -0.492 e. The number of carbonyl (C=O) groups excluding carboxylic acids is 1. The summed E-state index contributed by atoms with van der Waals surface area (Å²) >= 11 is 1.05. The molecule has 3 N–H and O–H groups in total. The van der Waals surface area contributed by atoms with Gasteiger partial charge in [-0.2, -0.15) is 0 Å². The average molecular weight is 582 g/mol. The maximum Gasteiger partial charge on any atom is 0.306 e. The maximum atomic E-state index is 15.9. The lowest BCUT2D eigenvalue weighted by atomic mass is 9.80. The predicted octanol–water partition coefficient (Wildman–Crippen LogP) is 4.75. The Bertz CT molecular complexity index is 1340. The van der Waals surface area contributed by atoms with E-state index >= 15 is 4.39 Å². The standard InChI is InChI=1S/C27H36FN3O6S2/c1-27(2,3)31-39(35,36)20-11-10-18(21(28)22(20)37-4)23-19(12-15-8-6-5-7-9-15)30-25(38-23)24(32)29-17-13-16(14-17)26(33)34/h10-11,15-17,31H,5-9,12-14H2,1-4H3,(H,29,32)(H,33,34)/t16-,17-. The SMILES string of the molecule is COc1c(S(=O)(=O)NC(C)(C)C)ccc(-c2sc(C(=O)N[C@H]3C[C@H](C(=O)O)C3)nc2CC2CCCCC2)c1F. The van der Waals surface area contributed by atoms with Crippen molar-refractivity contribution in [2.24, 2.45) is 11.8 Å². The molecule has 1 heterocycles.